The maximum absolute atomic E-state index is 8.59. The van der Waals surface area contributed by atoms with Crippen molar-refractivity contribution in [2.24, 2.45) is 5.16 Å². The van der Waals surface area contributed by atoms with Crippen LogP contribution in [0.4, 0.5) is 0 Å². The number of oxime groups is 1. The molecule has 0 bridgehead atoms. The van der Waals surface area contributed by atoms with Gasteiger partial charge < -0.3 is 9.94 Å². The topological polar surface area (TPSA) is 41.8 Å². The van der Waals surface area contributed by atoms with Crippen molar-refractivity contribution in [3.05, 3.63) is 29.8 Å². The Hall–Kier alpha value is -1.51. The second kappa shape index (κ2) is 6.94. The standard InChI is InChI=1S/C14H21NO2/c1-4-5-12(3)17-14-8-6-13(7-9-14)10-11(2)15-16/h6-9,12,16H,4-5,10H2,1-3H3/b15-11+. The maximum atomic E-state index is 8.59. The lowest BCUT2D eigenvalue weighted by Crippen LogP contribution is -2.10. The molecule has 17 heavy (non-hydrogen) atoms. The zero-order valence-corrected chi connectivity index (χ0v) is 10.8. The van der Waals surface area contributed by atoms with E-state index in [0.717, 1.165) is 24.2 Å². The fourth-order valence-electron chi connectivity index (χ4n) is 1.71. The van der Waals surface area contributed by atoms with E-state index in [9.17, 15) is 0 Å². The highest BCUT2D eigenvalue weighted by atomic mass is 16.5. The van der Waals surface area contributed by atoms with E-state index in [-0.39, 0.29) is 6.10 Å². The highest BCUT2D eigenvalue weighted by Gasteiger charge is 2.03. The van der Waals surface area contributed by atoms with Gasteiger partial charge in [0.1, 0.15) is 5.75 Å². The van der Waals surface area contributed by atoms with Crippen LogP contribution in [0.3, 0.4) is 0 Å². The van der Waals surface area contributed by atoms with E-state index >= 15 is 0 Å². The number of hydrogen-bond acceptors (Lipinski definition) is 3. The molecule has 1 N–H and O–H groups in total. The molecule has 1 unspecified atom stereocenters. The monoisotopic (exact) mass is 235 g/mol. The lowest BCUT2D eigenvalue weighted by atomic mass is 10.1. The summed E-state index contributed by atoms with van der Waals surface area (Å²) < 4.78 is 5.76. The van der Waals surface area contributed by atoms with E-state index in [1.165, 1.54) is 0 Å². The molecule has 0 aliphatic heterocycles. The molecule has 1 aromatic rings. The Balaban J connectivity index is 2.55. The van der Waals surface area contributed by atoms with Crippen LogP contribution in [-0.4, -0.2) is 17.0 Å². The first kappa shape index (κ1) is 13.6. The van der Waals surface area contributed by atoms with Gasteiger partial charge in [0.25, 0.3) is 0 Å². The summed E-state index contributed by atoms with van der Waals surface area (Å²) in [6, 6.07) is 7.93. The van der Waals surface area contributed by atoms with Crippen molar-refractivity contribution >= 4 is 5.71 Å². The Labute approximate surface area is 103 Å². The van der Waals surface area contributed by atoms with Crippen molar-refractivity contribution < 1.29 is 9.94 Å². The smallest absolute Gasteiger partial charge is 0.119 e. The van der Waals surface area contributed by atoms with Crippen LogP contribution in [0.1, 0.15) is 39.2 Å². The summed E-state index contributed by atoms with van der Waals surface area (Å²) in [4.78, 5) is 0. The third-order valence-electron chi connectivity index (χ3n) is 2.59. The summed E-state index contributed by atoms with van der Waals surface area (Å²) >= 11 is 0. The predicted octanol–water partition coefficient (Wildman–Crippen LogP) is 3.65. The lowest BCUT2D eigenvalue weighted by molar-refractivity contribution is 0.210. The van der Waals surface area contributed by atoms with Crippen molar-refractivity contribution in [1.82, 2.24) is 0 Å². The Morgan fingerprint density at radius 3 is 2.53 bits per heavy atom. The minimum atomic E-state index is 0.256. The Morgan fingerprint density at radius 1 is 1.35 bits per heavy atom. The molecule has 94 valence electrons. The van der Waals surface area contributed by atoms with Crippen molar-refractivity contribution in [2.75, 3.05) is 0 Å². The molecule has 0 saturated heterocycles. The molecule has 0 amide bonds. The minimum Gasteiger partial charge on any atom is -0.491 e. The van der Waals surface area contributed by atoms with Gasteiger partial charge in [-0.15, -0.1) is 0 Å². The number of ether oxygens (including phenoxy) is 1. The fraction of sp³-hybridized carbons (Fsp3) is 0.500. The predicted molar refractivity (Wildman–Crippen MR) is 70.0 cm³/mol. The molecule has 1 aromatic carbocycles. The molecule has 0 aliphatic carbocycles. The SMILES string of the molecule is CCCC(C)Oc1ccc(C/C(C)=N/O)cc1. The van der Waals surface area contributed by atoms with Crippen LogP contribution in [0.15, 0.2) is 29.4 Å². The normalized spacial score (nSPS) is 13.5. The zero-order chi connectivity index (χ0) is 12.7. The summed E-state index contributed by atoms with van der Waals surface area (Å²) in [5.41, 5.74) is 1.83. The summed E-state index contributed by atoms with van der Waals surface area (Å²) in [6.07, 6.45) is 3.12. The van der Waals surface area contributed by atoms with E-state index < -0.39 is 0 Å². The third-order valence-corrected chi connectivity index (χ3v) is 2.59. The Bertz CT molecular complexity index is 357. The van der Waals surface area contributed by atoms with Crippen LogP contribution in [0.2, 0.25) is 0 Å². The third kappa shape index (κ3) is 4.89. The zero-order valence-electron chi connectivity index (χ0n) is 10.8. The summed E-state index contributed by atoms with van der Waals surface area (Å²) in [6.45, 7) is 6.04. The molecule has 0 fully saturated rings. The van der Waals surface area contributed by atoms with Gasteiger partial charge in [-0.05, 0) is 38.0 Å². The second-order valence-electron chi connectivity index (χ2n) is 4.37. The van der Waals surface area contributed by atoms with Crippen LogP contribution >= 0.6 is 0 Å². The fourth-order valence-corrected chi connectivity index (χ4v) is 1.71. The van der Waals surface area contributed by atoms with Gasteiger partial charge in [-0.3, -0.25) is 0 Å². The molecule has 0 aliphatic rings. The summed E-state index contributed by atoms with van der Waals surface area (Å²) in [5, 5.41) is 11.8. The van der Waals surface area contributed by atoms with Gasteiger partial charge in [0.2, 0.25) is 0 Å². The lowest BCUT2D eigenvalue weighted by Gasteiger charge is -2.13. The van der Waals surface area contributed by atoms with E-state index in [0.29, 0.717) is 12.1 Å². The Morgan fingerprint density at radius 2 is 2.00 bits per heavy atom. The average molecular weight is 235 g/mol. The Kier molecular flexibility index (Phi) is 5.53. The van der Waals surface area contributed by atoms with Crippen molar-refractivity contribution in [1.29, 1.82) is 0 Å². The minimum absolute atomic E-state index is 0.256. The van der Waals surface area contributed by atoms with Gasteiger partial charge in [0.05, 0.1) is 11.8 Å². The van der Waals surface area contributed by atoms with Crippen LogP contribution in [0.5, 0.6) is 5.75 Å². The largest absolute Gasteiger partial charge is 0.491 e. The molecule has 0 aromatic heterocycles. The highest BCUT2D eigenvalue weighted by molar-refractivity contribution is 5.83. The van der Waals surface area contributed by atoms with Gasteiger partial charge >= 0.3 is 0 Å². The quantitative estimate of drug-likeness (QED) is 0.464. The molecule has 0 spiro atoms. The first-order valence-corrected chi connectivity index (χ1v) is 6.08. The number of nitrogens with zero attached hydrogens (tertiary/aromatic N) is 1. The summed E-state index contributed by atoms with van der Waals surface area (Å²) in [7, 11) is 0. The van der Waals surface area contributed by atoms with Gasteiger partial charge in [-0.2, -0.15) is 0 Å². The van der Waals surface area contributed by atoms with Crippen molar-refractivity contribution in [3.8, 4) is 5.75 Å². The molecular formula is C14H21NO2. The van der Waals surface area contributed by atoms with Crippen molar-refractivity contribution in [3.63, 3.8) is 0 Å². The van der Waals surface area contributed by atoms with Gasteiger partial charge in [0.15, 0.2) is 0 Å². The molecule has 3 nitrogen and oxygen atoms in total. The van der Waals surface area contributed by atoms with Crippen molar-refractivity contribution in [2.45, 2.75) is 46.1 Å². The molecular weight excluding hydrogens is 214 g/mol. The molecule has 0 radical (unpaired) electrons. The van der Waals surface area contributed by atoms with Gasteiger partial charge in [0, 0.05) is 6.42 Å². The van der Waals surface area contributed by atoms with E-state index in [1.54, 1.807) is 6.92 Å². The molecule has 1 rings (SSSR count). The van der Waals surface area contributed by atoms with Crippen LogP contribution in [0, 0.1) is 0 Å². The first-order chi connectivity index (χ1) is 8.15. The van der Waals surface area contributed by atoms with Crippen LogP contribution < -0.4 is 4.74 Å². The van der Waals surface area contributed by atoms with Gasteiger partial charge in [-0.1, -0.05) is 30.6 Å². The van der Waals surface area contributed by atoms with Gasteiger partial charge in [-0.25, -0.2) is 0 Å². The number of hydrogen-bond donors (Lipinski definition) is 1. The van der Waals surface area contributed by atoms with E-state index in [2.05, 4.69) is 19.0 Å². The average Bonchev–Trinajstić information content (AvgIpc) is 2.32. The second-order valence-corrected chi connectivity index (χ2v) is 4.37. The van der Waals surface area contributed by atoms with E-state index in [4.69, 9.17) is 9.94 Å². The number of benzene rings is 1. The molecule has 1 atom stereocenters. The molecule has 0 saturated carbocycles. The number of rotatable bonds is 6. The summed E-state index contributed by atoms with van der Waals surface area (Å²) in [5.74, 6) is 0.897. The molecule has 3 heteroatoms. The van der Waals surface area contributed by atoms with E-state index in [1.807, 2.05) is 24.3 Å². The van der Waals surface area contributed by atoms with Crippen LogP contribution in [0.25, 0.3) is 0 Å². The highest BCUT2D eigenvalue weighted by Crippen LogP contribution is 2.16. The maximum Gasteiger partial charge on any atom is 0.119 e. The first-order valence-electron chi connectivity index (χ1n) is 6.08. The van der Waals surface area contributed by atoms with Crippen LogP contribution in [-0.2, 0) is 6.42 Å². The molecule has 0 heterocycles.